The standard InChI is InChI=1S/C25H26ClN9O2S/c1-27-24(37)17-4-2-3-5-19(17)30-23-18(26)13-28-25(32-23)29-15-6-7-16-20(12-15)33-34-22(16)31-21(36)14-35-8-10-38-11-9-35/h2-7,12-13H,8-11,14H2,1H3,(H,27,37)(H2,28,29,30,32)(H2,31,33,34,36). The van der Waals surface area contributed by atoms with E-state index in [9.17, 15) is 9.59 Å². The van der Waals surface area contributed by atoms with Crippen molar-refractivity contribution < 1.29 is 9.59 Å². The zero-order valence-corrected chi connectivity index (χ0v) is 22.1. The number of anilines is 5. The number of carbonyl (C=O) groups excluding carboxylic acids is 2. The van der Waals surface area contributed by atoms with Crippen LogP contribution in [0.4, 0.5) is 29.0 Å². The summed E-state index contributed by atoms with van der Waals surface area (Å²) in [5.74, 6) is 2.93. The number of hydrogen-bond acceptors (Lipinski definition) is 9. The third kappa shape index (κ3) is 5.98. The number of benzene rings is 2. The van der Waals surface area contributed by atoms with Gasteiger partial charge in [-0.25, -0.2) is 4.98 Å². The van der Waals surface area contributed by atoms with Crippen LogP contribution in [-0.2, 0) is 4.79 Å². The summed E-state index contributed by atoms with van der Waals surface area (Å²) in [7, 11) is 1.57. The first-order valence-electron chi connectivity index (χ1n) is 12.0. The van der Waals surface area contributed by atoms with Gasteiger partial charge in [-0.3, -0.25) is 19.6 Å². The highest BCUT2D eigenvalue weighted by Crippen LogP contribution is 2.28. The number of nitrogens with one attached hydrogen (secondary N) is 5. The number of hydrogen-bond donors (Lipinski definition) is 5. The molecule has 2 aromatic carbocycles. The van der Waals surface area contributed by atoms with E-state index in [1.165, 1.54) is 6.20 Å². The first kappa shape index (κ1) is 25.8. The van der Waals surface area contributed by atoms with E-state index < -0.39 is 0 Å². The number of H-pyrrole nitrogens is 1. The molecule has 196 valence electrons. The molecule has 2 amide bonds. The second-order valence-corrected chi connectivity index (χ2v) is 10.2. The molecule has 1 aliphatic rings. The molecule has 2 aromatic heterocycles. The van der Waals surface area contributed by atoms with Gasteiger partial charge >= 0.3 is 0 Å². The predicted molar refractivity (Wildman–Crippen MR) is 152 cm³/mol. The van der Waals surface area contributed by atoms with Gasteiger partial charge in [0.25, 0.3) is 5.91 Å². The number of thioether (sulfide) groups is 1. The van der Waals surface area contributed by atoms with E-state index in [1.54, 1.807) is 25.2 Å². The smallest absolute Gasteiger partial charge is 0.253 e. The fourth-order valence-electron chi connectivity index (χ4n) is 4.02. The molecule has 0 aliphatic carbocycles. The number of nitrogens with zero attached hydrogens (tertiary/aromatic N) is 4. The molecule has 1 saturated heterocycles. The van der Waals surface area contributed by atoms with Gasteiger partial charge in [-0.05, 0) is 30.3 Å². The first-order valence-corrected chi connectivity index (χ1v) is 13.5. The summed E-state index contributed by atoms with van der Waals surface area (Å²) in [6.45, 7) is 2.18. The second-order valence-electron chi connectivity index (χ2n) is 8.53. The van der Waals surface area contributed by atoms with Crippen LogP contribution >= 0.6 is 23.4 Å². The Kier molecular flexibility index (Phi) is 7.91. The average molecular weight is 552 g/mol. The van der Waals surface area contributed by atoms with Crippen LogP contribution in [0.3, 0.4) is 0 Å². The van der Waals surface area contributed by atoms with Gasteiger partial charge in [0, 0.05) is 42.7 Å². The van der Waals surface area contributed by atoms with Gasteiger partial charge < -0.3 is 21.3 Å². The van der Waals surface area contributed by atoms with Crippen molar-refractivity contribution in [3.05, 3.63) is 59.2 Å². The summed E-state index contributed by atoms with van der Waals surface area (Å²) < 4.78 is 0. The molecule has 1 aliphatic heterocycles. The molecule has 13 heteroatoms. The molecule has 1 fully saturated rings. The van der Waals surface area contributed by atoms with Crippen LogP contribution in [0.2, 0.25) is 5.02 Å². The molecule has 0 unspecified atom stereocenters. The Hall–Kier alpha value is -3.87. The largest absolute Gasteiger partial charge is 0.355 e. The van der Waals surface area contributed by atoms with E-state index >= 15 is 0 Å². The zero-order valence-electron chi connectivity index (χ0n) is 20.5. The van der Waals surface area contributed by atoms with E-state index in [2.05, 4.69) is 46.3 Å². The molecule has 5 rings (SSSR count). The molecular weight excluding hydrogens is 526 g/mol. The van der Waals surface area contributed by atoms with Crippen LogP contribution in [-0.4, -0.2) is 75.1 Å². The lowest BCUT2D eigenvalue weighted by Gasteiger charge is -2.25. The Morgan fingerprint density at radius 1 is 1.11 bits per heavy atom. The van der Waals surface area contributed by atoms with Crippen LogP contribution in [0.1, 0.15) is 10.4 Å². The highest BCUT2D eigenvalue weighted by molar-refractivity contribution is 7.99. The number of carbonyl (C=O) groups is 2. The number of rotatable bonds is 8. The van der Waals surface area contributed by atoms with Crippen LogP contribution in [0, 0.1) is 0 Å². The van der Waals surface area contributed by atoms with Crippen molar-refractivity contribution in [1.29, 1.82) is 0 Å². The van der Waals surface area contributed by atoms with Gasteiger partial charge in [-0.1, -0.05) is 23.7 Å². The Morgan fingerprint density at radius 2 is 1.92 bits per heavy atom. The highest BCUT2D eigenvalue weighted by Gasteiger charge is 2.17. The highest BCUT2D eigenvalue weighted by atomic mass is 35.5. The van der Waals surface area contributed by atoms with Gasteiger partial charge in [0.2, 0.25) is 11.9 Å². The fraction of sp³-hybridized carbons (Fsp3) is 0.240. The maximum absolute atomic E-state index is 12.5. The van der Waals surface area contributed by atoms with Crippen molar-refractivity contribution in [3.8, 4) is 0 Å². The van der Waals surface area contributed by atoms with E-state index in [4.69, 9.17) is 11.6 Å². The van der Waals surface area contributed by atoms with E-state index in [1.807, 2.05) is 36.0 Å². The Balaban J connectivity index is 1.29. The molecule has 0 atom stereocenters. The summed E-state index contributed by atoms with van der Waals surface area (Å²) in [5.41, 5.74) is 2.48. The van der Waals surface area contributed by atoms with Crippen LogP contribution in [0.25, 0.3) is 10.9 Å². The Labute approximate surface area is 228 Å². The van der Waals surface area contributed by atoms with Crippen LogP contribution in [0.15, 0.2) is 48.7 Å². The van der Waals surface area contributed by atoms with Gasteiger partial charge in [0.1, 0.15) is 5.02 Å². The summed E-state index contributed by atoms with van der Waals surface area (Å²) in [5, 5.41) is 20.1. The summed E-state index contributed by atoms with van der Waals surface area (Å²) in [6.07, 6.45) is 1.48. The number of para-hydroxylation sites is 1. The molecule has 11 nitrogen and oxygen atoms in total. The van der Waals surface area contributed by atoms with E-state index in [-0.39, 0.29) is 11.8 Å². The van der Waals surface area contributed by atoms with Gasteiger partial charge in [0.05, 0.1) is 29.5 Å². The quantitative estimate of drug-likeness (QED) is 0.221. The van der Waals surface area contributed by atoms with E-state index in [0.717, 1.165) is 35.5 Å². The fourth-order valence-corrected chi connectivity index (χ4v) is 5.14. The maximum atomic E-state index is 12.5. The maximum Gasteiger partial charge on any atom is 0.253 e. The topological polar surface area (TPSA) is 140 Å². The van der Waals surface area contributed by atoms with Crippen molar-refractivity contribution >= 4 is 75.0 Å². The van der Waals surface area contributed by atoms with Crippen molar-refractivity contribution in [2.24, 2.45) is 0 Å². The normalized spacial score (nSPS) is 13.7. The summed E-state index contributed by atoms with van der Waals surface area (Å²) >= 11 is 8.24. The minimum absolute atomic E-state index is 0.0833. The lowest BCUT2D eigenvalue weighted by molar-refractivity contribution is -0.117. The van der Waals surface area contributed by atoms with Crippen molar-refractivity contribution in [3.63, 3.8) is 0 Å². The lowest BCUT2D eigenvalue weighted by Crippen LogP contribution is -2.38. The number of fused-ring (bicyclic) bond motifs is 1. The zero-order chi connectivity index (χ0) is 26.5. The van der Waals surface area contributed by atoms with Crippen molar-refractivity contribution in [2.75, 3.05) is 54.1 Å². The minimum Gasteiger partial charge on any atom is -0.355 e. The molecule has 4 aromatic rings. The molecule has 5 N–H and O–H groups in total. The molecular formula is C25H26ClN9O2S. The summed E-state index contributed by atoms with van der Waals surface area (Å²) in [4.78, 5) is 35.6. The number of halogens is 1. The SMILES string of the molecule is CNC(=O)c1ccccc1Nc1nc(Nc2ccc3c(NC(=O)CN4CCSCC4)n[nH]c3c2)ncc1Cl. The lowest BCUT2D eigenvalue weighted by atomic mass is 10.1. The first-order chi connectivity index (χ1) is 18.5. The molecule has 38 heavy (non-hydrogen) atoms. The van der Waals surface area contributed by atoms with Crippen LogP contribution in [0.5, 0.6) is 0 Å². The predicted octanol–water partition coefficient (Wildman–Crippen LogP) is 3.84. The number of aromatic amines is 1. The van der Waals surface area contributed by atoms with Gasteiger partial charge in [-0.2, -0.15) is 21.8 Å². The molecule has 0 saturated carbocycles. The monoisotopic (exact) mass is 551 g/mol. The Morgan fingerprint density at radius 3 is 2.74 bits per heavy atom. The molecule has 0 spiro atoms. The number of amides is 2. The minimum atomic E-state index is -0.231. The van der Waals surface area contributed by atoms with Crippen LogP contribution < -0.4 is 21.3 Å². The van der Waals surface area contributed by atoms with Crippen molar-refractivity contribution in [2.45, 2.75) is 0 Å². The summed E-state index contributed by atoms with van der Waals surface area (Å²) in [6, 6.07) is 12.6. The molecule has 3 heterocycles. The van der Waals surface area contributed by atoms with Gasteiger partial charge in [-0.15, -0.1) is 0 Å². The molecule has 0 radical (unpaired) electrons. The number of aromatic nitrogens is 4. The average Bonchev–Trinajstić information content (AvgIpc) is 3.32. The Bertz CT molecular complexity index is 1470. The second kappa shape index (κ2) is 11.7. The van der Waals surface area contributed by atoms with Gasteiger partial charge in [0.15, 0.2) is 11.6 Å². The van der Waals surface area contributed by atoms with E-state index in [0.29, 0.717) is 46.1 Å². The molecule has 0 bridgehead atoms. The third-order valence-electron chi connectivity index (χ3n) is 5.94. The van der Waals surface area contributed by atoms with Crippen molar-refractivity contribution in [1.82, 2.24) is 30.4 Å². The third-order valence-corrected chi connectivity index (χ3v) is 7.16.